The predicted molar refractivity (Wildman–Crippen MR) is 53.1 cm³/mol. The molecule has 0 saturated carbocycles. The van der Waals surface area contributed by atoms with E-state index in [1.807, 2.05) is 0 Å². The van der Waals surface area contributed by atoms with Crippen molar-refractivity contribution in [1.29, 1.82) is 0 Å². The number of anilines is 1. The first kappa shape index (κ1) is 7.41. The summed E-state index contributed by atoms with van der Waals surface area (Å²) in [5, 5.41) is 0. The van der Waals surface area contributed by atoms with E-state index in [4.69, 9.17) is 5.73 Å². The van der Waals surface area contributed by atoms with Crippen LogP contribution in [0.5, 0.6) is 0 Å². The molecule has 2 N–H and O–H groups in total. The number of hydrogen-bond donors (Lipinski definition) is 1. The van der Waals surface area contributed by atoms with Crippen molar-refractivity contribution in [2.75, 3.05) is 5.73 Å². The minimum atomic E-state index is 0.915. The number of nitrogen functional groups attached to an aromatic ring is 1. The summed E-state index contributed by atoms with van der Waals surface area (Å²) in [4.78, 5) is 0. The maximum atomic E-state index is 5.86. The molecule has 0 aromatic heterocycles. The van der Waals surface area contributed by atoms with Gasteiger partial charge in [-0.15, -0.1) is 0 Å². The summed E-state index contributed by atoms with van der Waals surface area (Å²) in [6.45, 7) is 4.21. The molecule has 1 aromatic carbocycles. The molecule has 0 saturated heterocycles. The first-order valence-electron chi connectivity index (χ1n) is 4.25. The monoisotopic (exact) mass is 159 g/mol. The summed E-state index contributed by atoms with van der Waals surface area (Å²) in [5.74, 6) is 0. The van der Waals surface area contributed by atoms with E-state index >= 15 is 0 Å². The predicted octanol–water partition coefficient (Wildman–Crippen LogP) is 2.45. The van der Waals surface area contributed by atoms with Crippen molar-refractivity contribution in [2.24, 2.45) is 0 Å². The Bertz CT molecular complexity index is 362. The molecule has 1 aliphatic carbocycles. The zero-order valence-electron chi connectivity index (χ0n) is 7.52. The molecule has 0 amide bonds. The Kier molecular flexibility index (Phi) is 1.47. The van der Waals surface area contributed by atoms with Gasteiger partial charge >= 0.3 is 0 Å². The maximum Gasteiger partial charge on any atom is 0.0352 e. The van der Waals surface area contributed by atoms with E-state index in [0.29, 0.717) is 0 Å². The van der Waals surface area contributed by atoms with Crippen LogP contribution in [0.25, 0.3) is 6.08 Å². The van der Waals surface area contributed by atoms with Gasteiger partial charge in [-0.3, -0.25) is 0 Å². The Hall–Kier alpha value is -1.24. The Morgan fingerprint density at radius 3 is 2.83 bits per heavy atom. The Balaban J connectivity index is 2.75. The van der Waals surface area contributed by atoms with Crippen molar-refractivity contribution in [3.8, 4) is 0 Å². The third kappa shape index (κ3) is 0.860. The number of hydrogen-bond acceptors (Lipinski definition) is 1. The third-order valence-corrected chi connectivity index (χ3v) is 2.62. The Morgan fingerprint density at radius 1 is 1.33 bits per heavy atom. The minimum absolute atomic E-state index is 0.915. The lowest BCUT2D eigenvalue weighted by Gasteiger charge is -2.09. The van der Waals surface area contributed by atoms with E-state index < -0.39 is 0 Å². The van der Waals surface area contributed by atoms with E-state index in [-0.39, 0.29) is 0 Å². The number of allylic oxidation sites excluding steroid dienone is 1. The van der Waals surface area contributed by atoms with E-state index in [9.17, 15) is 0 Å². The maximum absolute atomic E-state index is 5.86. The average Bonchev–Trinajstić information content (AvgIpc) is 2.48. The van der Waals surface area contributed by atoms with Gasteiger partial charge in [0.15, 0.2) is 0 Å². The number of nitrogens with two attached hydrogens (primary N) is 1. The lowest BCUT2D eigenvalue weighted by Crippen LogP contribution is -1.97. The van der Waals surface area contributed by atoms with Crippen LogP contribution in [-0.2, 0) is 6.42 Å². The standard InChI is InChI=1S/C11H13N/c1-7-6-11(12)8(2)10-5-3-4-9(7)10/h3,5-6H,4,12H2,1-2H3. The molecule has 1 aromatic rings. The summed E-state index contributed by atoms with van der Waals surface area (Å²) in [5.41, 5.74) is 12.1. The van der Waals surface area contributed by atoms with Crippen LogP contribution in [0.1, 0.15) is 22.3 Å². The number of aryl methyl sites for hydroxylation is 1. The van der Waals surface area contributed by atoms with E-state index in [1.54, 1.807) is 0 Å². The fourth-order valence-electron chi connectivity index (χ4n) is 1.81. The Labute approximate surface area is 72.9 Å². The zero-order chi connectivity index (χ0) is 8.72. The summed E-state index contributed by atoms with van der Waals surface area (Å²) < 4.78 is 0. The van der Waals surface area contributed by atoms with Crippen LogP contribution in [0.3, 0.4) is 0 Å². The van der Waals surface area contributed by atoms with Gasteiger partial charge in [0, 0.05) is 5.69 Å². The van der Waals surface area contributed by atoms with E-state index in [1.165, 1.54) is 22.3 Å². The smallest absolute Gasteiger partial charge is 0.0352 e. The van der Waals surface area contributed by atoms with Crippen molar-refractivity contribution in [3.63, 3.8) is 0 Å². The van der Waals surface area contributed by atoms with Gasteiger partial charge in [0.25, 0.3) is 0 Å². The molecular formula is C11H13N. The van der Waals surface area contributed by atoms with Gasteiger partial charge < -0.3 is 5.73 Å². The molecule has 2 rings (SSSR count). The molecule has 0 heterocycles. The molecule has 12 heavy (non-hydrogen) atoms. The number of rotatable bonds is 0. The first-order valence-corrected chi connectivity index (χ1v) is 4.25. The molecule has 0 atom stereocenters. The molecule has 1 aliphatic rings. The molecule has 0 spiro atoms. The van der Waals surface area contributed by atoms with Gasteiger partial charge in [-0.1, -0.05) is 12.2 Å². The largest absolute Gasteiger partial charge is 0.398 e. The van der Waals surface area contributed by atoms with Crippen molar-refractivity contribution < 1.29 is 0 Å². The molecular weight excluding hydrogens is 146 g/mol. The first-order chi connectivity index (χ1) is 5.70. The molecule has 1 heteroatoms. The SMILES string of the molecule is Cc1cc(N)c(C)c2c1CC=C2. The van der Waals surface area contributed by atoms with Gasteiger partial charge in [-0.05, 0) is 48.6 Å². The molecule has 0 radical (unpaired) electrons. The fourth-order valence-corrected chi connectivity index (χ4v) is 1.81. The van der Waals surface area contributed by atoms with Crippen LogP contribution in [0.15, 0.2) is 12.1 Å². The highest BCUT2D eigenvalue weighted by Gasteiger charge is 2.12. The fraction of sp³-hybridized carbons (Fsp3) is 0.273. The van der Waals surface area contributed by atoms with Crippen molar-refractivity contribution in [2.45, 2.75) is 20.3 Å². The molecule has 0 fully saturated rings. The van der Waals surface area contributed by atoms with Crippen LogP contribution in [-0.4, -0.2) is 0 Å². The normalized spacial score (nSPS) is 13.5. The van der Waals surface area contributed by atoms with E-state index in [2.05, 4.69) is 32.1 Å². The highest BCUT2D eigenvalue weighted by Crippen LogP contribution is 2.29. The van der Waals surface area contributed by atoms with Crippen LogP contribution >= 0.6 is 0 Å². The zero-order valence-corrected chi connectivity index (χ0v) is 7.52. The van der Waals surface area contributed by atoms with E-state index in [0.717, 1.165) is 12.1 Å². The number of fused-ring (bicyclic) bond motifs is 1. The van der Waals surface area contributed by atoms with Crippen molar-refractivity contribution >= 4 is 11.8 Å². The van der Waals surface area contributed by atoms with Gasteiger partial charge in [0.2, 0.25) is 0 Å². The molecule has 0 bridgehead atoms. The quantitative estimate of drug-likeness (QED) is 0.578. The average molecular weight is 159 g/mol. The molecule has 0 aliphatic heterocycles. The second-order valence-electron chi connectivity index (χ2n) is 3.41. The van der Waals surface area contributed by atoms with Gasteiger partial charge in [-0.25, -0.2) is 0 Å². The number of benzene rings is 1. The summed E-state index contributed by atoms with van der Waals surface area (Å²) in [6, 6.07) is 2.07. The Morgan fingerprint density at radius 2 is 2.08 bits per heavy atom. The highest BCUT2D eigenvalue weighted by atomic mass is 14.6. The summed E-state index contributed by atoms with van der Waals surface area (Å²) in [7, 11) is 0. The highest BCUT2D eigenvalue weighted by molar-refractivity contribution is 5.71. The summed E-state index contributed by atoms with van der Waals surface area (Å²) in [6.07, 6.45) is 5.44. The van der Waals surface area contributed by atoms with Crippen molar-refractivity contribution in [3.05, 3.63) is 34.4 Å². The van der Waals surface area contributed by atoms with Crippen LogP contribution in [0, 0.1) is 13.8 Å². The molecule has 1 nitrogen and oxygen atoms in total. The van der Waals surface area contributed by atoms with Crippen LogP contribution < -0.4 is 5.73 Å². The second-order valence-corrected chi connectivity index (χ2v) is 3.41. The summed E-state index contributed by atoms with van der Waals surface area (Å²) >= 11 is 0. The lowest BCUT2D eigenvalue weighted by molar-refractivity contribution is 1.22. The second kappa shape index (κ2) is 2.37. The molecule has 62 valence electrons. The lowest BCUT2D eigenvalue weighted by atomic mass is 9.98. The van der Waals surface area contributed by atoms with Gasteiger partial charge in [0.1, 0.15) is 0 Å². The minimum Gasteiger partial charge on any atom is -0.398 e. The molecule has 0 unspecified atom stereocenters. The van der Waals surface area contributed by atoms with Crippen LogP contribution in [0.4, 0.5) is 5.69 Å². The topological polar surface area (TPSA) is 26.0 Å². The van der Waals surface area contributed by atoms with Crippen LogP contribution in [0.2, 0.25) is 0 Å². The third-order valence-electron chi connectivity index (χ3n) is 2.62. The van der Waals surface area contributed by atoms with Gasteiger partial charge in [0.05, 0.1) is 0 Å². The van der Waals surface area contributed by atoms with Crippen molar-refractivity contribution in [1.82, 2.24) is 0 Å². The van der Waals surface area contributed by atoms with Gasteiger partial charge in [-0.2, -0.15) is 0 Å².